The van der Waals surface area contributed by atoms with Gasteiger partial charge < -0.3 is 25.0 Å². The molecule has 4 aliphatic rings. The molecule has 0 spiro atoms. The van der Waals surface area contributed by atoms with E-state index in [0.29, 0.717) is 60.0 Å². The summed E-state index contributed by atoms with van der Waals surface area (Å²) in [7, 11) is 3.26. The SMILES string of the molecule is COc1ccc(CCNC(=O)CC[C@@H](C)[C@@H]2CC[C@@H]3[C@@H]4CC[C@H]5C[C@H](O)CC[C@]5(C)[C@@H]4C[C@H](O)[C@@]32C)cc1OC. The molecule has 4 fully saturated rings. The number of aliphatic hydroxyl groups excluding tert-OH is 2. The monoisotopic (exact) mass is 555 g/mol. The molecule has 4 aliphatic carbocycles. The van der Waals surface area contributed by atoms with E-state index in [1.807, 2.05) is 18.2 Å². The van der Waals surface area contributed by atoms with E-state index in [2.05, 4.69) is 26.1 Å². The van der Waals surface area contributed by atoms with Crippen LogP contribution in [0.3, 0.4) is 0 Å². The van der Waals surface area contributed by atoms with Crippen LogP contribution in [0, 0.1) is 46.3 Å². The quantitative estimate of drug-likeness (QED) is 0.360. The summed E-state index contributed by atoms with van der Waals surface area (Å²) in [5, 5.41) is 25.2. The molecule has 0 saturated heterocycles. The molecule has 224 valence electrons. The Labute approximate surface area is 241 Å². The highest BCUT2D eigenvalue weighted by Crippen LogP contribution is 2.68. The second kappa shape index (κ2) is 11.8. The molecule has 6 nitrogen and oxygen atoms in total. The molecule has 1 aromatic carbocycles. The van der Waals surface area contributed by atoms with Gasteiger partial charge in [0, 0.05) is 13.0 Å². The van der Waals surface area contributed by atoms with Gasteiger partial charge in [-0.1, -0.05) is 26.8 Å². The minimum atomic E-state index is -0.272. The molecule has 0 bridgehead atoms. The average molecular weight is 556 g/mol. The molecule has 0 aromatic heterocycles. The maximum absolute atomic E-state index is 12.8. The van der Waals surface area contributed by atoms with Crippen molar-refractivity contribution >= 4 is 5.91 Å². The van der Waals surface area contributed by atoms with Crippen molar-refractivity contribution in [2.75, 3.05) is 20.8 Å². The number of carbonyl (C=O) groups excluding carboxylic acids is 1. The first-order valence-electron chi connectivity index (χ1n) is 16.0. The Morgan fingerprint density at radius 1 is 1.02 bits per heavy atom. The molecule has 0 radical (unpaired) electrons. The summed E-state index contributed by atoms with van der Waals surface area (Å²) in [6, 6.07) is 5.88. The van der Waals surface area contributed by atoms with Crippen molar-refractivity contribution in [3.8, 4) is 11.5 Å². The second-order valence-electron chi connectivity index (χ2n) is 14.2. The summed E-state index contributed by atoms with van der Waals surface area (Å²) in [6.07, 6.45) is 10.5. The number of carbonyl (C=O) groups is 1. The minimum Gasteiger partial charge on any atom is -0.493 e. The fourth-order valence-corrected chi connectivity index (χ4v) is 10.2. The third kappa shape index (κ3) is 5.28. The van der Waals surface area contributed by atoms with E-state index in [0.717, 1.165) is 44.1 Å². The maximum atomic E-state index is 12.8. The lowest BCUT2D eigenvalue weighted by Crippen LogP contribution is -2.58. The van der Waals surface area contributed by atoms with E-state index in [9.17, 15) is 15.0 Å². The standard InChI is InChI=1S/C34H53NO5/c1-21(6-13-32(38)35-17-15-22-7-12-29(39-4)30(18-22)40-5)26-10-11-27-25-9-8-23-19-24(36)14-16-33(23,2)28(25)20-31(37)34(26,27)3/h7,12,18,21,23-28,31,36-37H,6,8-11,13-17,19-20H2,1-5H3,(H,35,38)/t21-,23+,24-,25+,26+,27-,28-,31+,33+,34-/m1/s1. The maximum Gasteiger partial charge on any atom is 0.220 e. The highest BCUT2D eigenvalue weighted by Gasteiger charge is 2.63. The summed E-state index contributed by atoms with van der Waals surface area (Å²) < 4.78 is 10.7. The molecule has 10 atom stereocenters. The second-order valence-corrected chi connectivity index (χ2v) is 14.2. The Hall–Kier alpha value is -1.79. The van der Waals surface area contributed by atoms with Crippen LogP contribution in [0.15, 0.2) is 18.2 Å². The average Bonchev–Trinajstić information content (AvgIpc) is 3.31. The molecule has 1 amide bonds. The van der Waals surface area contributed by atoms with E-state index in [1.54, 1.807) is 14.2 Å². The number of amides is 1. The molecule has 1 aromatic rings. The van der Waals surface area contributed by atoms with Gasteiger partial charge in [0.25, 0.3) is 0 Å². The molecule has 0 unspecified atom stereocenters. The van der Waals surface area contributed by atoms with Gasteiger partial charge in [-0.05, 0) is 128 Å². The molecule has 0 aliphatic heterocycles. The van der Waals surface area contributed by atoms with Gasteiger partial charge in [-0.2, -0.15) is 0 Å². The van der Waals surface area contributed by atoms with Crippen LogP contribution in [0.4, 0.5) is 0 Å². The van der Waals surface area contributed by atoms with Crippen molar-refractivity contribution in [3.63, 3.8) is 0 Å². The first-order valence-corrected chi connectivity index (χ1v) is 16.0. The van der Waals surface area contributed by atoms with E-state index < -0.39 is 0 Å². The van der Waals surface area contributed by atoms with Crippen LogP contribution >= 0.6 is 0 Å². The van der Waals surface area contributed by atoms with Crippen LogP contribution in [0.1, 0.15) is 90.5 Å². The Balaban J connectivity index is 1.15. The Bertz CT molecular complexity index is 1050. The van der Waals surface area contributed by atoms with Crippen molar-refractivity contribution in [1.29, 1.82) is 0 Å². The van der Waals surface area contributed by atoms with E-state index in [4.69, 9.17) is 9.47 Å². The molecule has 5 rings (SSSR count). The van der Waals surface area contributed by atoms with Crippen molar-refractivity contribution in [1.82, 2.24) is 5.32 Å². The lowest BCUT2D eigenvalue weighted by atomic mass is 9.43. The fraction of sp³-hybridized carbons (Fsp3) is 0.794. The zero-order chi connectivity index (χ0) is 28.7. The highest BCUT2D eigenvalue weighted by atomic mass is 16.5. The smallest absolute Gasteiger partial charge is 0.220 e. The van der Waals surface area contributed by atoms with Crippen LogP contribution < -0.4 is 14.8 Å². The summed E-state index contributed by atoms with van der Waals surface area (Å²) in [5.41, 5.74) is 1.32. The van der Waals surface area contributed by atoms with Crippen LogP contribution in [0.25, 0.3) is 0 Å². The van der Waals surface area contributed by atoms with Gasteiger partial charge in [0.2, 0.25) is 5.91 Å². The summed E-state index contributed by atoms with van der Waals surface area (Å²) in [6.45, 7) is 7.78. The van der Waals surface area contributed by atoms with Gasteiger partial charge in [-0.25, -0.2) is 0 Å². The lowest BCUT2D eigenvalue weighted by molar-refractivity contribution is -0.174. The number of hydrogen-bond donors (Lipinski definition) is 3. The normalized spacial score (nSPS) is 39.4. The Kier molecular flexibility index (Phi) is 8.78. The largest absolute Gasteiger partial charge is 0.493 e. The number of nitrogens with one attached hydrogen (secondary N) is 1. The number of benzene rings is 1. The molecule has 3 N–H and O–H groups in total. The number of methoxy groups -OCH3 is 2. The van der Waals surface area contributed by atoms with Crippen LogP contribution in [0.2, 0.25) is 0 Å². The summed E-state index contributed by atoms with van der Waals surface area (Å²) >= 11 is 0. The number of hydrogen-bond acceptors (Lipinski definition) is 5. The number of aliphatic hydroxyl groups is 2. The zero-order valence-electron chi connectivity index (χ0n) is 25.5. The molecule has 6 heteroatoms. The van der Waals surface area contributed by atoms with Gasteiger partial charge in [-0.15, -0.1) is 0 Å². The third-order valence-corrected chi connectivity index (χ3v) is 12.5. The topological polar surface area (TPSA) is 88.0 Å². The predicted molar refractivity (Wildman–Crippen MR) is 157 cm³/mol. The highest BCUT2D eigenvalue weighted by molar-refractivity contribution is 5.75. The van der Waals surface area contributed by atoms with Gasteiger partial charge >= 0.3 is 0 Å². The van der Waals surface area contributed by atoms with E-state index in [1.165, 1.54) is 25.7 Å². The Morgan fingerprint density at radius 3 is 2.55 bits per heavy atom. The number of rotatable bonds is 9. The molecular formula is C34H53NO5. The van der Waals surface area contributed by atoms with Crippen LogP contribution in [-0.4, -0.2) is 49.1 Å². The third-order valence-electron chi connectivity index (χ3n) is 12.5. The molecule has 40 heavy (non-hydrogen) atoms. The Morgan fingerprint density at radius 2 is 1.80 bits per heavy atom. The molecular weight excluding hydrogens is 502 g/mol. The fourth-order valence-electron chi connectivity index (χ4n) is 10.2. The van der Waals surface area contributed by atoms with Crippen LogP contribution in [-0.2, 0) is 11.2 Å². The summed E-state index contributed by atoms with van der Waals surface area (Å²) in [5.74, 6) is 4.87. The molecule has 4 saturated carbocycles. The predicted octanol–water partition coefficient (Wildman–Crippen LogP) is 5.77. The summed E-state index contributed by atoms with van der Waals surface area (Å²) in [4.78, 5) is 12.8. The van der Waals surface area contributed by atoms with Gasteiger partial charge in [0.15, 0.2) is 11.5 Å². The lowest BCUT2D eigenvalue weighted by Gasteiger charge is -2.62. The van der Waals surface area contributed by atoms with Gasteiger partial charge in [-0.3, -0.25) is 4.79 Å². The number of ether oxygens (including phenoxy) is 2. The zero-order valence-corrected chi connectivity index (χ0v) is 25.5. The van der Waals surface area contributed by atoms with E-state index in [-0.39, 0.29) is 28.9 Å². The first-order chi connectivity index (χ1) is 19.1. The van der Waals surface area contributed by atoms with Crippen molar-refractivity contribution in [3.05, 3.63) is 23.8 Å². The van der Waals surface area contributed by atoms with Crippen molar-refractivity contribution in [2.45, 2.75) is 104 Å². The first kappa shape index (κ1) is 29.7. The molecule has 0 heterocycles. The van der Waals surface area contributed by atoms with Gasteiger partial charge in [0.05, 0.1) is 26.4 Å². The van der Waals surface area contributed by atoms with E-state index >= 15 is 0 Å². The van der Waals surface area contributed by atoms with Crippen molar-refractivity contribution < 1.29 is 24.5 Å². The van der Waals surface area contributed by atoms with Crippen LogP contribution in [0.5, 0.6) is 11.5 Å². The van der Waals surface area contributed by atoms with Gasteiger partial charge in [0.1, 0.15) is 0 Å². The van der Waals surface area contributed by atoms with Crippen molar-refractivity contribution in [2.24, 2.45) is 46.3 Å². The number of fused-ring (bicyclic) bond motifs is 5. The minimum absolute atomic E-state index is 0.0537.